The van der Waals surface area contributed by atoms with E-state index in [1.54, 1.807) is 17.7 Å². The summed E-state index contributed by atoms with van der Waals surface area (Å²) in [4.78, 5) is 0. The van der Waals surface area contributed by atoms with E-state index < -0.39 is 23.2 Å². The fraction of sp³-hybridized carbons (Fsp3) is 0.200. The molecule has 0 amide bonds. The second-order valence-corrected chi connectivity index (χ2v) is 14.7. The van der Waals surface area contributed by atoms with Gasteiger partial charge in [0.1, 0.15) is 0 Å². The van der Waals surface area contributed by atoms with Gasteiger partial charge in [0.05, 0.1) is 0 Å². The molecule has 2 aliphatic carbocycles. The van der Waals surface area contributed by atoms with Crippen LogP contribution >= 0.6 is 0 Å². The van der Waals surface area contributed by atoms with Crippen molar-refractivity contribution in [3.63, 3.8) is 0 Å². The second kappa shape index (κ2) is 14.9. The normalized spacial score (nSPS) is 14.4. The molecule has 0 aliphatic heterocycles. The molecule has 216 valence electrons. The summed E-state index contributed by atoms with van der Waals surface area (Å²) in [5.74, 6) is 0. The van der Waals surface area contributed by atoms with Gasteiger partial charge in [-0.25, -0.2) is 0 Å². The molecule has 0 fully saturated rings. The third kappa shape index (κ3) is 6.02. The maximum atomic E-state index is 2.48. The van der Waals surface area contributed by atoms with Crippen molar-refractivity contribution in [2.45, 2.75) is 50.4 Å². The Labute approximate surface area is 282 Å². The van der Waals surface area contributed by atoms with Crippen LogP contribution in [-0.4, -0.2) is 0 Å². The summed E-state index contributed by atoms with van der Waals surface area (Å²) in [5.41, 5.74) is 8.49. The zero-order chi connectivity index (χ0) is 28.1. The summed E-state index contributed by atoms with van der Waals surface area (Å²) in [7, 11) is 0. The van der Waals surface area contributed by atoms with Crippen molar-refractivity contribution >= 4 is 0 Å². The smallest absolute Gasteiger partial charge is 1.00 e. The Morgan fingerprint density at radius 1 is 0.465 bits per heavy atom. The number of rotatable bonds is 10. The molecule has 0 unspecified atom stereocenters. The molecular weight excluding hydrogens is 643 g/mol. The van der Waals surface area contributed by atoms with Gasteiger partial charge < -0.3 is 24.8 Å². The van der Waals surface area contributed by atoms with E-state index >= 15 is 0 Å². The minimum atomic E-state index is -1.08. The van der Waals surface area contributed by atoms with E-state index in [2.05, 4.69) is 159 Å². The van der Waals surface area contributed by atoms with Crippen molar-refractivity contribution in [2.24, 2.45) is 0 Å². The fourth-order valence-electron chi connectivity index (χ4n) is 7.27. The Kier molecular flexibility index (Phi) is 11.5. The molecule has 0 N–H and O–H groups in total. The number of halogens is 2. The summed E-state index contributed by atoms with van der Waals surface area (Å²) < 4.78 is 3.45. The van der Waals surface area contributed by atoms with E-state index in [1.165, 1.54) is 22.3 Å². The van der Waals surface area contributed by atoms with Crippen molar-refractivity contribution in [1.29, 1.82) is 0 Å². The van der Waals surface area contributed by atoms with Gasteiger partial charge in [-0.1, -0.05) is 0 Å². The molecule has 0 heterocycles. The first-order valence-corrected chi connectivity index (χ1v) is 17.5. The van der Waals surface area contributed by atoms with E-state index in [1.807, 2.05) is 0 Å². The third-order valence-corrected chi connectivity index (χ3v) is 13.0. The molecule has 0 bridgehead atoms. The second-order valence-electron chi connectivity index (χ2n) is 11.1. The quantitative estimate of drug-likeness (QED) is 0.235. The van der Waals surface area contributed by atoms with Crippen LogP contribution in [0.3, 0.4) is 0 Å². The van der Waals surface area contributed by atoms with Crippen LogP contribution in [0.4, 0.5) is 0 Å². The van der Waals surface area contributed by atoms with Crippen LogP contribution in [-0.2, 0) is 34.1 Å². The molecule has 0 saturated heterocycles. The Balaban J connectivity index is 0.00000212. The van der Waals surface area contributed by atoms with Crippen molar-refractivity contribution in [1.82, 2.24) is 0 Å². The first kappa shape index (κ1) is 33.2. The zero-order valence-corrected chi connectivity index (χ0v) is 28.9. The maximum absolute atomic E-state index is 2.48. The van der Waals surface area contributed by atoms with Gasteiger partial charge in [0.2, 0.25) is 0 Å². The Morgan fingerprint density at radius 2 is 0.744 bits per heavy atom. The van der Waals surface area contributed by atoms with Gasteiger partial charge in [0.15, 0.2) is 0 Å². The van der Waals surface area contributed by atoms with E-state index in [9.17, 15) is 0 Å². The van der Waals surface area contributed by atoms with Crippen molar-refractivity contribution in [3.05, 3.63) is 186 Å². The largest absolute Gasteiger partial charge is 1.00 e. The maximum Gasteiger partial charge on any atom is -1.00 e. The number of hydrogen-bond donors (Lipinski definition) is 0. The van der Waals surface area contributed by atoms with Gasteiger partial charge in [-0.15, -0.1) is 0 Å². The number of benzene rings is 4. The summed E-state index contributed by atoms with van der Waals surface area (Å²) in [6.07, 6.45) is 14.1. The van der Waals surface area contributed by atoms with Gasteiger partial charge in [-0.05, 0) is 0 Å². The van der Waals surface area contributed by atoms with Crippen LogP contribution < -0.4 is 24.8 Å². The van der Waals surface area contributed by atoms with Crippen LogP contribution in [0.1, 0.15) is 61.8 Å². The molecule has 0 spiro atoms. The van der Waals surface area contributed by atoms with Crippen molar-refractivity contribution in [2.75, 3.05) is 0 Å². The average Bonchev–Trinajstić information content (AvgIpc) is 3.72. The van der Waals surface area contributed by atoms with Gasteiger partial charge in [-0.3, -0.25) is 0 Å². The molecule has 0 radical (unpaired) electrons. The third-order valence-electron chi connectivity index (χ3n) is 9.21. The molecule has 0 aromatic heterocycles. The predicted octanol–water partition coefficient (Wildman–Crippen LogP) is 4.30. The minimum Gasteiger partial charge on any atom is -1.00 e. The summed E-state index contributed by atoms with van der Waals surface area (Å²) >= 11 is -1.08. The molecule has 0 nitrogen and oxygen atoms in total. The van der Waals surface area contributed by atoms with E-state index in [-0.39, 0.29) is 35.6 Å². The SMILES string of the molecule is CCC(C1=[C]([Zr+2][C]2=C(C(CC)(c3ccccc3)c3ccccc3)C=CC2)CC=C1)(c1ccccc1)c1ccccc1.[Cl-].[Cl-]. The van der Waals surface area contributed by atoms with Gasteiger partial charge in [-0.2, -0.15) is 0 Å². The van der Waals surface area contributed by atoms with Crippen LogP contribution in [0.5, 0.6) is 0 Å². The first-order valence-electron chi connectivity index (χ1n) is 15.0. The van der Waals surface area contributed by atoms with Crippen LogP contribution in [0.15, 0.2) is 163 Å². The van der Waals surface area contributed by atoms with Crippen LogP contribution in [0.2, 0.25) is 0 Å². The first-order chi connectivity index (χ1) is 20.2. The standard InChI is InChI=1S/2C20H19.2ClH.Zr/c2*1-2-20(19-15-9-10-16-19,17-11-5-3-6-12-17)18-13-7-4-8-14-18;;;/h2*3-9,11-15H,2,10H2,1H3;2*1H;/q;;;;+2/p-2. The van der Waals surface area contributed by atoms with Gasteiger partial charge >= 0.3 is 259 Å². The molecule has 0 atom stereocenters. The van der Waals surface area contributed by atoms with E-state index in [0.717, 1.165) is 25.7 Å². The molecule has 3 heteroatoms. The molecule has 0 saturated carbocycles. The predicted molar refractivity (Wildman–Crippen MR) is 169 cm³/mol. The van der Waals surface area contributed by atoms with E-state index in [4.69, 9.17) is 0 Å². The van der Waals surface area contributed by atoms with Crippen molar-refractivity contribution < 1.29 is 48.0 Å². The molecule has 4 aromatic carbocycles. The summed E-state index contributed by atoms with van der Waals surface area (Å²) in [6, 6.07) is 44.9. The van der Waals surface area contributed by atoms with Crippen LogP contribution in [0, 0.1) is 0 Å². The Bertz CT molecular complexity index is 1400. The number of hydrogen-bond acceptors (Lipinski definition) is 0. The van der Waals surface area contributed by atoms with Crippen molar-refractivity contribution in [3.8, 4) is 0 Å². The molecule has 2 aliphatic rings. The van der Waals surface area contributed by atoms with E-state index in [0.29, 0.717) is 0 Å². The van der Waals surface area contributed by atoms with Gasteiger partial charge in [0.25, 0.3) is 0 Å². The minimum absolute atomic E-state index is 0. The summed E-state index contributed by atoms with van der Waals surface area (Å²) in [6.45, 7) is 4.74. The monoisotopic (exact) mass is 678 g/mol. The fourth-order valence-corrected chi connectivity index (χ4v) is 11.4. The molecular formula is C40H38Cl2Zr. The average molecular weight is 681 g/mol. The zero-order valence-electron chi connectivity index (χ0n) is 24.9. The Morgan fingerprint density at radius 3 is 1.00 bits per heavy atom. The molecule has 4 aromatic rings. The van der Waals surface area contributed by atoms with Crippen LogP contribution in [0.25, 0.3) is 0 Å². The topological polar surface area (TPSA) is 0 Å². The Hall–Kier alpha value is -2.70. The van der Waals surface area contributed by atoms with Gasteiger partial charge in [0, 0.05) is 0 Å². The molecule has 6 rings (SSSR count). The molecule has 43 heavy (non-hydrogen) atoms. The summed E-state index contributed by atoms with van der Waals surface area (Å²) in [5, 5.41) is 0. The number of allylic oxidation sites excluding steroid dienone is 8.